The van der Waals surface area contributed by atoms with Crippen LogP contribution in [0.25, 0.3) is 0 Å². The van der Waals surface area contributed by atoms with Crippen LogP contribution >= 0.6 is 0 Å². The van der Waals surface area contributed by atoms with Crippen LogP contribution in [-0.4, -0.2) is 35.2 Å². The summed E-state index contributed by atoms with van der Waals surface area (Å²) in [5.74, 6) is -0.451. The molecule has 0 aliphatic heterocycles. The maximum absolute atomic E-state index is 11.9. The number of benzene rings is 1. The Balaban J connectivity index is 2.79. The number of phenolic OH excluding ortho intramolecular Hbond substituents is 1. The Morgan fingerprint density at radius 3 is 2.84 bits per heavy atom. The summed E-state index contributed by atoms with van der Waals surface area (Å²) in [5, 5.41) is 23.7. The quantitative estimate of drug-likeness (QED) is 0.270. The third-order valence-electron chi connectivity index (χ3n) is 2.48. The Hall–Kier alpha value is -2.44. The van der Waals surface area contributed by atoms with E-state index in [1.54, 1.807) is 19.1 Å². The van der Waals surface area contributed by atoms with E-state index < -0.39 is 5.91 Å². The number of phenols is 1. The Labute approximate surface area is 110 Å². The average molecular weight is 267 g/mol. The minimum atomic E-state index is -0.463. The molecule has 0 aromatic heterocycles. The van der Waals surface area contributed by atoms with Crippen molar-refractivity contribution < 1.29 is 19.8 Å². The van der Waals surface area contributed by atoms with Crippen LogP contribution in [0.4, 0.5) is 0 Å². The summed E-state index contributed by atoms with van der Waals surface area (Å²) in [6.45, 7) is 1.70. The zero-order chi connectivity index (χ0) is 14.4. The number of amides is 1. The molecule has 0 fully saturated rings. The summed E-state index contributed by atoms with van der Waals surface area (Å²) >= 11 is 0. The van der Waals surface area contributed by atoms with Crippen molar-refractivity contribution >= 4 is 11.7 Å². The molecule has 0 spiro atoms. The fourth-order valence-corrected chi connectivity index (χ4v) is 1.58. The molecule has 1 atom stereocenters. The Morgan fingerprint density at radius 2 is 2.26 bits per heavy atom. The van der Waals surface area contributed by atoms with Gasteiger partial charge in [0.05, 0.1) is 12.7 Å². The lowest BCUT2D eigenvalue weighted by atomic mass is 10.1. The fraction of sp³-hybridized carbons (Fsp3) is 0.333. The number of para-hydroxylation sites is 1. The largest absolute Gasteiger partial charge is 0.504 e. The highest BCUT2D eigenvalue weighted by Gasteiger charge is 2.17. The van der Waals surface area contributed by atoms with Gasteiger partial charge in [-0.3, -0.25) is 4.79 Å². The molecular weight excluding hydrogens is 250 g/mol. The van der Waals surface area contributed by atoms with Crippen LogP contribution in [0, 0.1) is 0 Å². The number of methoxy groups -OCH3 is 1. The number of hydrogen-bond donors (Lipinski definition) is 4. The number of nitrogens with one attached hydrogen (secondary N) is 1. The van der Waals surface area contributed by atoms with E-state index in [-0.39, 0.29) is 35.4 Å². The molecule has 104 valence electrons. The van der Waals surface area contributed by atoms with Gasteiger partial charge in [0.1, 0.15) is 5.84 Å². The zero-order valence-corrected chi connectivity index (χ0v) is 10.8. The standard InChI is InChI=1S/C12H17N3O4/c1-7(6-10(13)15-18)14-12(17)8-4-3-5-9(19-2)11(8)16/h3-5,7,16,18H,6H2,1-2H3,(H2,13,15)(H,14,17). The molecule has 0 aliphatic rings. The summed E-state index contributed by atoms with van der Waals surface area (Å²) in [4.78, 5) is 11.9. The predicted octanol–water partition coefficient (Wildman–Crippen LogP) is 0.656. The smallest absolute Gasteiger partial charge is 0.255 e. The highest BCUT2D eigenvalue weighted by molar-refractivity contribution is 5.98. The SMILES string of the molecule is COc1cccc(C(=O)NC(C)CC(N)=NO)c1O. The van der Waals surface area contributed by atoms with E-state index in [0.29, 0.717) is 0 Å². The van der Waals surface area contributed by atoms with Crippen molar-refractivity contribution in [1.29, 1.82) is 0 Å². The first kappa shape index (κ1) is 14.6. The van der Waals surface area contributed by atoms with Gasteiger partial charge in [0.2, 0.25) is 0 Å². The molecule has 1 aromatic rings. The van der Waals surface area contributed by atoms with Crippen LogP contribution in [0.15, 0.2) is 23.4 Å². The third kappa shape index (κ3) is 3.77. The second-order valence-corrected chi connectivity index (χ2v) is 4.03. The Morgan fingerprint density at radius 1 is 1.58 bits per heavy atom. The van der Waals surface area contributed by atoms with Crippen LogP contribution in [-0.2, 0) is 0 Å². The number of hydrogen-bond acceptors (Lipinski definition) is 5. The topological polar surface area (TPSA) is 117 Å². The number of ether oxygens (including phenoxy) is 1. The van der Waals surface area contributed by atoms with Crippen molar-refractivity contribution in [3.8, 4) is 11.5 Å². The van der Waals surface area contributed by atoms with Gasteiger partial charge in [0.15, 0.2) is 11.5 Å². The maximum atomic E-state index is 11.9. The third-order valence-corrected chi connectivity index (χ3v) is 2.48. The van der Waals surface area contributed by atoms with E-state index in [1.165, 1.54) is 13.2 Å². The molecule has 1 amide bonds. The number of rotatable bonds is 5. The lowest BCUT2D eigenvalue weighted by molar-refractivity contribution is 0.0937. The van der Waals surface area contributed by atoms with Gasteiger partial charge < -0.3 is 26.1 Å². The van der Waals surface area contributed by atoms with Gasteiger partial charge >= 0.3 is 0 Å². The second-order valence-electron chi connectivity index (χ2n) is 4.03. The molecular formula is C12H17N3O4. The summed E-state index contributed by atoms with van der Waals surface area (Å²) in [5.41, 5.74) is 5.45. The van der Waals surface area contributed by atoms with Crippen LogP contribution in [0.3, 0.4) is 0 Å². The Bertz CT molecular complexity index is 488. The first-order chi connectivity index (χ1) is 8.99. The van der Waals surface area contributed by atoms with Gasteiger partial charge in [-0.25, -0.2) is 0 Å². The number of carbonyl (C=O) groups excluding carboxylic acids is 1. The van der Waals surface area contributed by atoms with Gasteiger partial charge in [-0.15, -0.1) is 0 Å². The van der Waals surface area contributed by atoms with Crippen molar-refractivity contribution in [1.82, 2.24) is 5.32 Å². The molecule has 0 radical (unpaired) electrons. The minimum absolute atomic E-state index is 0.0164. The second kappa shape index (κ2) is 6.48. The van der Waals surface area contributed by atoms with Gasteiger partial charge in [0, 0.05) is 12.5 Å². The predicted molar refractivity (Wildman–Crippen MR) is 69.6 cm³/mol. The average Bonchev–Trinajstić information content (AvgIpc) is 2.38. The number of amidine groups is 1. The lowest BCUT2D eigenvalue weighted by Gasteiger charge is -2.14. The lowest BCUT2D eigenvalue weighted by Crippen LogP contribution is -2.35. The first-order valence-corrected chi connectivity index (χ1v) is 5.62. The van der Waals surface area contributed by atoms with Crippen molar-refractivity contribution in [2.45, 2.75) is 19.4 Å². The number of nitrogens with zero attached hydrogens (tertiary/aromatic N) is 1. The van der Waals surface area contributed by atoms with E-state index in [1.807, 2.05) is 0 Å². The van der Waals surface area contributed by atoms with E-state index >= 15 is 0 Å². The molecule has 0 aliphatic carbocycles. The number of oxime groups is 1. The van der Waals surface area contributed by atoms with Crippen LogP contribution in [0.2, 0.25) is 0 Å². The molecule has 7 heteroatoms. The summed E-state index contributed by atoms with van der Waals surface area (Å²) < 4.78 is 4.92. The fourth-order valence-electron chi connectivity index (χ4n) is 1.58. The van der Waals surface area contributed by atoms with Gasteiger partial charge in [-0.2, -0.15) is 0 Å². The van der Waals surface area contributed by atoms with Gasteiger partial charge in [0.25, 0.3) is 5.91 Å². The molecule has 1 aromatic carbocycles. The zero-order valence-electron chi connectivity index (χ0n) is 10.8. The molecule has 7 nitrogen and oxygen atoms in total. The Kier molecular flexibility index (Phi) is 4.99. The molecule has 0 heterocycles. The molecule has 19 heavy (non-hydrogen) atoms. The monoisotopic (exact) mass is 267 g/mol. The van der Waals surface area contributed by atoms with E-state index in [0.717, 1.165) is 0 Å². The minimum Gasteiger partial charge on any atom is -0.504 e. The normalized spacial score (nSPS) is 12.8. The number of nitrogens with two attached hydrogens (primary N) is 1. The van der Waals surface area contributed by atoms with Crippen LogP contribution in [0.1, 0.15) is 23.7 Å². The van der Waals surface area contributed by atoms with Crippen LogP contribution < -0.4 is 15.8 Å². The van der Waals surface area contributed by atoms with Crippen LogP contribution in [0.5, 0.6) is 11.5 Å². The van der Waals surface area contributed by atoms with E-state index in [9.17, 15) is 9.90 Å². The highest BCUT2D eigenvalue weighted by atomic mass is 16.5. The number of carbonyl (C=O) groups is 1. The van der Waals surface area contributed by atoms with E-state index in [2.05, 4.69) is 10.5 Å². The molecule has 0 saturated heterocycles. The van der Waals surface area contributed by atoms with Crippen molar-refractivity contribution in [3.63, 3.8) is 0 Å². The molecule has 0 saturated carbocycles. The highest BCUT2D eigenvalue weighted by Crippen LogP contribution is 2.29. The van der Waals surface area contributed by atoms with Crippen molar-refractivity contribution in [3.05, 3.63) is 23.8 Å². The summed E-state index contributed by atoms with van der Waals surface area (Å²) in [6, 6.07) is 4.28. The van der Waals surface area contributed by atoms with Gasteiger partial charge in [-0.05, 0) is 19.1 Å². The maximum Gasteiger partial charge on any atom is 0.255 e. The van der Waals surface area contributed by atoms with E-state index in [4.69, 9.17) is 15.7 Å². The molecule has 1 rings (SSSR count). The van der Waals surface area contributed by atoms with Crippen molar-refractivity contribution in [2.75, 3.05) is 7.11 Å². The molecule has 0 bridgehead atoms. The van der Waals surface area contributed by atoms with Gasteiger partial charge in [-0.1, -0.05) is 11.2 Å². The molecule has 5 N–H and O–H groups in total. The first-order valence-electron chi connectivity index (χ1n) is 5.62. The summed E-state index contributed by atoms with van der Waals surface area (Å²) in [7, 11) is 1.40. The number of aromatic hydroxyl groups is 1. The van der Waals surface area contributed by atoms with Crippen molar-refractivity contribution in [2.24, 2.45) is 10.9 Å². The molecule has 1 unspecified atom stereocenters. The summed E-state index contributed by atoms with van der Waals surface area (Å²) in [6.07, 6.45) is 0.201.